The number of anilines is 2. The molecule has 0 saturated heterocycles. The van der Waals surface area contributed by atoms with E-state index in [0.29, 0.717) is 0 Å². The third-order valence-electron chi connectivity index (χ3n) is 11.7. The van der Waals surface area contributed by atoms with Gasteiger partial charge in [-0.05, 0) is 149 Å². The second kappa shape index (κ2) is 22.0. The largest absolute Gasteiger partial charge is 0.399 e. The SMILES string of the molecule is CCCCCCCc1cc(Cc2ccc(Cc3ccc(N)cc3)cc2)ccc1Cc1ccc(Cc2ccc(Cc3ccc(N)cc3)cc2)cc1CCCCCCC. The van der Waals surface area contributed by atoms with Gasteiger partial charge >= 0.3 is 0 Å². The standard InChI is InChI=1S/C55H66N2/c1-3-5-7-9-11-13-50-39-48(37-44-19-15-42(16-20-44)35-46-25-31-54(56)32-26-46)23-29-52(50)41-53-30-24-49(40-51(53)14-12-10-8-6-4-2)38-45-21-17-43(18-22-45)36-47-27-33-55(57)34-28-47/h15-34,39-40H,3-14,35-38,41,56-57H2,1-2H3. The highest BCUT2D eigenvalue weighted by Gasteiger charge is 2.12. The average molecular weight is 755 g/mol. The molecule has 6 aromatic rings. The summed E-state index contributed by atoms with van der Waals surface area (Å²) in [6.45, 7) is 4.61. The normalized spacial score (nSPS) is 11.3. The van der Waals surface area contributed by atoms with Crippen molar-refractivity contribution in [3.63, 3.8) is 0 Å². The Hall–Kier alpha value is -5.08. The molecule has 0 radical (unpaired) electrons. The van der Waals surface area contributed by atoms with E-state index in [1.807, 2.05) is 24.3 Å². The molecule has 6 aromatic carbocycles. The van der Waals surface area contributed by atoms with Gasteiger partial charge in [-0.2, -0.15) is 0 Å². The van der Waals surface area contributed by atoms with Gasteiger partial charge in [-0.3, -0.25) is 0 Å². The predicted molar refractivity (Wildman–Crippen MR) is 246 cm³/mol. The minimum absolute atomic E-state index is 0.816. The molecule has 0 aromatic heterocycles. The molecule has 0 bridgehead atoms. The van der Waals surface area contributed by atoms with Crippen LogP contribution in [0.15, 0.2) is 133 Å². The maximum atomic E-state index is 5.90. The molecule has 0 aliphatic carbocycles. The van der Waals surface area contributed by atoms with Gasteiger partial charge in [0.25, 0.3) is 0 Å². The van der Waals surface area contributed by atoms with Crippen molar-refractivity contribution in [1.29, 1.82) is 0 Å². The van der Waals surface area contributed by atoms with Crippen LogP contribution in [-0.2, 0) is 44.9 Å². The summed E-state index contributed by atoms with van der Waals surface area (Å²) in [5, 5.41) is 0. The molecule has 0 atom stereocenters. The molecule has 0 aliphatic heterocycles. The van der Waals surface area contributed by atoms with Gasteiger partial charge in [0.15, 0.2) is 0 Å². The van der Waals surface area contributed by atoms with Crippen LogP contribution >= 0.6 is 0 Å². The molecule has 0 amide bonds. The maximum Gasteiger partial charge on any atom is 0.0314 e. The number of benzene rings is 6. The van der Waals surface area contributed by atoms with E-state index in [2.05, 4.69) is 123 Å². The summed E-state index contributed by atoms with van der Waals surface area (Å²) < 4.78 is 0. The lowest BCUT2D eigenvalue weighted by Crippen LogP contribution is -2.03. The summed E-state index contributed by atoms with van der Waals surface area (Å²) >= 11 is 0. The number of aryl methyl sites for hydroxylation is 2. The van der Waals surface area contributed by atoms with Crippen LogP contribution in [0, 0.1) is 0 Å². The molecule has 2 nitrogen and oxygen atoms in total. The summed E-state index contributed by atoms with van der Waals surface area (Å²) in [4.78, 5) is 0. The van der Waals surface area contributed by atoms with Crippen LogP contribution < -0.4 is 11.5 Å². The Kier molecular flexibility index (Phi) is 16.0. The smallest absolute Gasteiger partial charge is 0.0314 e. The van der Waals surface area contributed by atoms with E-state index < -0.39 is 0 Å². The van der Waals surface area contributed by atoms with Crippen LogP contribution in [0.1, 0.15) is 145 Å². The zero-order valence-electron chi connectivity index (χ0n) is 34.9. The van der Waals surface area contributed by atoms with Crippen molar-refractivity contribution < 1.29 is 0 Å². The summed E-state index contributed by atoms with van der Waals surface area (Å²) in [5.74, 6) is 0. The van der Waals surface area contributed by atoms with Gasteiger partial charge in [-0.15, -0.1) is 0 Å². The van der Waals surface area contributed by atoms with Gasteiger partial charge in [0.05, 0.1) is 0 Å². The molecule has 0 saturated carbocycles. The lowest BCUT2D eigenvalue weighted by atomic mass is 9.88. The fourth-order valence-electron chi connectivity index (χ4n) is 8.20. The van der Waals surface area contributed by atoms with Crippen molar-refractivity contribution >= 4 is 11.4 Å². The zero-order chi connectivity index (χ0) is 39.7. The fourth-order valence-corrected chi connectivity index (χ4v) is 8.20. The molecule has 0 unspecified atom stereocenters. The lowest BCUT2D eigenvalue weighted by Gasteiger charge is -2.17. The molecular formula is C55H66N2. The Morgan fingerprint density at radius 2 is 0.561 bits per heavy atom. The van der Waals surface area contributed by atoms with E-state index >= 15 is 0 Å². The van der Waals surface area contributed by atoms with Gasteiger partial charge in [-0.1, -0.05) is 174 Å². The lowest BCUT2D eigenvalue weighted by molar-refractivity contribution is 0.629. The second-order valence-electron chi connectivity index (χ2n) is 16.5. The molecule has 0 aliphatic rings. The number of rotatable bonds is 22. The summed E-state index contributed by atoms with van der Waals surface area (Å²) in [6, 6.07) is 49.7. The third kappa shape index (κ3) is 13.5. The molecule has 6 rings (SSSR count). The first kappa shape index (κ1) is 41.6. The maximum absolute atomic E-state index is 5.90. The Morgan fingerprint density at radius 3 is 0.895 bits per heavy atom. The number of hydrogen-bond acceptors (Lipinski definition) is 2. The first-order chi connectivity index (χ1) is 27.9. The molecule has 0 heterocycles. The summed E-state index contributed by atoms with van der Waals surface area (Å²) in [7, 11) is 0. The van der Waals surface area contributed by atoms with Gasteiger partial charge in [0.1, 0.15) is 0 Å². The van der Waals surface area contributed by atoms with Crippen LogP contribution in [0.5, 0.6) is 0 Å². The zero-order valence-corrected chi connectivity index (χ0v) is 34.9. The minimum Gasteiger partial charge on any atom is -0.399 e. The van der Waals surface area contributed by atoms with Gasteiger partial charge in [0.2, 0.25) is 0 Å². The van der Waals surface area contributed by atoms with Gasteiger partial charge in [-0.25, -0.2) is 0 Å². The predicted octanol–water partition coefficient (Wildman–Crippen LogP) is 13.8. The monoisotopic (exact) mass is 755 g/mol. The Balaban J connectivity index is 1.17. The fraction of sp³-hybridized carbons (Fsp3) is 0.345. The average Bonchev–Trinajstić information content (AvgIpc) is 3.22. The number of unbranched alkanes of at least 4 members (excludes halogenated alkanes) is 8. The van der Waals surface area contributed by atoms with Gasteiger partial charge in [0, 0.05) is 11.4 Å². The van der Waals surface area contributed by atoms with Crippen LogP contribution in [0.25, 0.3) is 0 Å². The Bertz CT molecular complexity index is 1920. The van der Waals surface area contributed by atoms with Crippen molar-refractivity contribution in [3.8, 4) is 0 Å². The van der Waals surface area contributed by atoms with Crippen molar-refractivity contribution in [2.75, 3.05) is 11.5 Å². The quantitative estimate of drug-likeness (QED) is 0.0536. The molecular weight excluding hydrogens is 689 g/mol. The van der Waals surface area contributed by atoms with E-state index in [1.165, 1.54) is 120 Å². The Labute approximate surface area is 344 Å². The number of nitrogen functional groups attached to an aromatic ring is 2. The van der Waals surface area contributed by atoms with Crippen molar-refractivity contribution in [1.82, 2.24) is 0 Å². The number of hydrogen-bond donors (Lipinski definition) is 2. The highest BCUT2D eigenvalue weighted by molar-refractivity contribution is 5.45. The van der Waals surface area contributed by atoms with Crippen molar-refractivity contribution in [3.05, 3.63) is 200 Å². The molecule has 57 heavy (non-hydrogen) atoms. The van der Waals surface area contributed by atoms with E-state index in [0.717, 1.165) is 56.3 Å². The first-order valence-electron chi connectivity index (χ1n) is 22.0. The van der Waals surface area contributed by atoms with E-state index in [4.69, 9.17) is 11.5 Å². The topological polar surface area (TPSA) is 52.0 Å². The molecule has 2 heteroatoms. The van der Waals surface area contributed by atoms with E-state index in [9.17, 15) is 0 Å². The van der Waals surface area contributed by atoms with Crippen LogP contribution in [0.3, 0.4) is 0 Å². The first-order valence-corrected chi connectivity index (χ1v) is 22.0. The molecule has 0 fully saturated rings. The highest BCUT2D eigenvalue weighted by atomic mass is 14.5. The van der Waals surface area contributed by atoms with E-state index in [-0.39, 0.29) is 0 Å². The van der Waals surface area contributed by atoms with Crippen molar-refractivity contribution in [2.45, 2.75) is 123 Å². The molecule has 0 spiro atoms. The van der Waals surface area contributed by atoms with E-state index in [1.54, 1.807) is 11.1 Å². The van der Waals surface area contributed by atoms with Crippen LogP contribution in [-0.4, -0.2) is 0 Å². The summed E-state index contributed by atoms with van der Waals surface area (Å²) in [6.07, 6.45) is 20.2. The van der Waals surface area contributed by atoms with Gasteiger partial charge < -0.3 is 11.5 Å². The molecule has 4 N–H and O–H groups in total. The third-order valence-corrected chi connectivity index (χ3v) is 11.7. The minimum atomic E-state index is 0.816. The van der Waals surface area contributed by atoms with Crippen LogP contribution in [0.2, 0.25) is 0 Å². The highest BCUT2D eigenvalue weighted by Crippen LogP contribution is 2.26. The summed E-state index contributed by atoms with van der Waals surface area (Å²) in [5.41, 5.74) is 30.4. The number of nitrogens with two attached hydrogens (primary N) is 2. The van der Waals surface area contributed by atoms with Crippen molar-refractivity contribution in [2.24, 2.45) is 0 Å². The Morgan fingerprint density at radius 1 is 0.281 bits per heavy atom. The molecule has 296 valence electrons. The van der Waals surface area contributed by atoms with Crippen LogP contribution in [0.4, 0.5) is 11.4 Å². The second-order valence-corrected chi connectivity index (χ2v) is 16.5.